The maximum Gasteiger partial charge on any atom is 0.306 e. The Labute approximate surface area is 501 Å². The molecule has 0 saturated heterocycles. The summed E-state index contributed by atoms with van der Waals surface area (Å²) in [5, 5.41) is 11.8. The van der Waals surface area contributed by atoms with Crippen LogP contribution >= 0.6 is 0 Å². The zero-order valence-electron chi connectivity index (χ0n) is 53.9. The van der Waals surface area contributed by atoms with E-state index in [4.69, 9.17) is 18.9 Å². The van der Waals surface area contributed by atoms with E-state index in [-0.39, 0.29) is 32.2 Å². The number of allylic oxidation sites excluding steroid dienone is 10. The van der Waals surface area contributed by atoms with Gasteiger partial charge in [-0.05, 0) is 77.0 Å². The maximum atomic E-state index is 12.9. The van der Waals surface area contributed by atoms with Gasteiger partial charge in [0.25, 0.3) is 0 Å². The Bertz CT molecular complexity index is 1510. The lowest BCUT2D eigenvalue weighted by molar-refractivity contribution is -0.870. The first-order valence-electron chi connectivity index (χ1n) is 34.4. The molecule has 472 valence electrons. The fraction of sp³-hybridized carbons (Fsp3) is 0.819. The molecule has 9 nitrogen and oxygen atoms in total. The Morgan fingerprint density at radius 3 is 1.06 bits per heavy atom. The van der Waals surface area contributed by atoms with E-state index >= 15 is 0 Å². The summed E-state index contributed by atoms with van der Waals surface area (Å²) in [7, 11) is 5.92. The highest BCUT2D eigenvalue weighted by Crippen LogP contribution is 2.18. The number of quaternary nitrogens is 1. The molecule has 0 spiro atoms. The van der Waals surface area contributed by atoms with Crippen LogP contribution in [0.4, 0.5) is 0 Å². The second-order valence-electron chi connectivity index (χ2n) is 24.4. The highest BCUT2D eigenvalue weighted by Gasteiger charge is 2.22. The predicted octanol–water partition coefficient (Wildman–Crippen LogP) is 19.8. The van der Waals surface area contributed by atoms with Gasteiger partial charge in [0.2, 0.25) is 0 Å². The van der Waals surface area contributed by atoms with Gasteiger partial charge in [-0.1, -0.05) is 293 Å². The van der Waals surface area contributed by atoms with E-state index in [0.717, 1.165) is 83.5 Å². The first-order chi connectivity index (χ1) is 39.6. The monoisotopic (exact) mass is 1140 g/mol. The van der Waals surface area contributed by atoms with Crippen LogP contribution in [-0.2, 0) is 33.3 Å². The molecule has 0 amide bonds. The van der Waals surface area contributed by atoms with Crippen LogP contribution in [0.5, 0.6) is 0 Å². The molecule has 9 heteroatoms. The Hall–Kier alpha value is -3.01. The molecule has 81 heavy (non-hydrogen) atoms. The van der Waals surface area contributed by atoms with E-state index < -0.39 is 24.3 Å². The number of rotatable bonds is 64. The van der Waals surface area contributed by atoms with Crippen molar-refractivity contribution in [1.29, 1.82) is 0 Å². The van der Waals surface area contributed by atoms with Crippen molar-refractivity contribution in [1.82, 2.24) is 0 Å². The number of hydrogen-bond donors (Lipinski definition) is 0. The van der Waals surface area contributed by atoms with Crippen LogP contribution in [-0.4, -0.2) is 82.3 Å². The Morgan fingerprint density at radius 1 is 0.383 bits per heavy atom. The third kappa shape index (κ3) is 64.4. The fourth-order valence-electron chi connectivity index (χ4n) is 10.00. The SMILES string of the molecule is CC/C=C\C/C=C\C/C=C\C/C=C\CCCCCCCCC(=O)OC(COC(=O)CCCCCCCCCCCCCCCCCCCCCCCCCCC/C=C\CCCCCCCCCC)COC(OCC[N+](C)(C)C)C(=O)[O-]. The molecule has 2 unspecified atom stereocenters. The van der Waals surface area contributed by atoms with Gasteiger partial charge >= 0.3 is 11.9 Å². The molecule has 0 bridgehead atoms. The molecule has 0 aromatic rings. The van der Waals surface area contributed by atoms with Gasteiger partial charge in [-0.25, -0.2) is 0 Å². The highest BCUT2D eigenvalue weighted by atomic mass is 16.7. The Morgan fingerprint density at radius 2 is 0.704 bits per heavy atom. The number of carbonyl (C=O) groups excluding carboxylic acids is 3. The normalized spacial score (nSPS) is 13.0. The first kappa shape index (κ1) is 78.0. The second-order valence-corrected chi connectivity index (χ2v) is 24.4. The second kappa shape index (κ2) is 63.0. The van der Waals surface area contributed by atoms with E-state index in [1.165, 1.54) is 205 Å². The van der Waals surface area contributed by atoms with Crippen LogP contribution in [0, 0.1) is 0 Å². The summed E-state index contributed by atoms with van der Waals surface area (Å²) >= 11 is 0. The number of ether oxygens (including phenoxy) is 4. The van der Waals surface area contributed by atoms with Gasteiger partial charge in [-0.2, -0.15) is 0 Å². The van der Waals surface area contributed by atoms with Gasteiger partial charge in [0.15, 0.2) is 12.4 Å². The van der Waals surface area contributed by atoms with Gasteiger partial charge in [0, 0.05) is 12.8 Å². The van der Waals surface area contributed by atoms with Crippen molar-refractivity contribution >= 4 is 17.9 Å². The predicted molar refractivity (Wildman–Crippen MR) is 343 cm³/mol. The summed E-state index contributed by atoms with van der Waals surface area (Å²) in [5.74, 6) is -2.29. The van der Waals surface area contributed by atoms with E-state index in [2.05, 4.69) is 74.6 Å². The minimum Gasteiger partial charge on any atom is -0.545 e. The molecule has 0 aliphatic heterocycles. The lowest BCUT2D eigenvalue weighted by Crippen LogP contribution is -2.44. The van der Waals surface area contributed by atoms with Gasteiger partial charge in [0.05, 0.1) is 40.3 Å². The molecule has 0 saturated carbocycles. The molecule has 0 aromatic heterocycles. The summed E-state index contributed by atoms with van der Waals surface area (Å²) in [5.41, 5.74) is 0. The van der Waals surface area contributed by atoms with Crippen LogP contribution in [0.25, 0.3) is 0 Å². The number of nitrogens with zero attached hydrogens (tertiary/aromatic N) is 1. The highest BCUT2D eigenvalue weighted by molar-refractivity contribution is 5.70. The first-order valence-corrected chi connectivity index (χ1v) is 34.4. The van der Waals surface area contributed by atoms with Crippen molar-refractivity contribution in [3.8, 4) is 0 Å². The molecular weight excluding hydrogens is 1010 g/mol. The lowest BCUT2D eigenvalue weighted by atomic mass is 10.0. The largest absolute Gasteiger partial charge is 0.545 e. The molecule has 0 aromatic carbocycles. The third-order valence-electron chi connectivity index (χ3n) is 15.2. The van der Waals surface area contributed by atoms with Crippen molar-refractivity contribution in [3.63, 3.8) is 0 Å². The standard InChI is InChI=1S/C72H131NO8/c1-6-8-10-12-14-16-18-20-22-24-26-27-28-29-30-31-32-33-34-35-36-37-38-39-40-41-42-43-45-46-48-50-52-54-56-58-60-62-69(74)79-66-68(67-80-72(71(76)77)78-65-64-73(3,4)5)81-70(75)63-61-59-57-55-53-51-49-47-44-25-23-21-19-17-15-13-11-9-7-2/h9,11,15,17,21,23-24,26,44,47,68,72H,6-8,10,12-14,16,18-20,22,25,27-43,45-46,48-67H2,1-5H3/b11-9-,17-15-,23-21-,26-24-,47-44-. The molecule has 2 atom stereocenters. The van der Waals surface area contributed by atoms with Crippen molar-refractivity contribution in [3.05, 3.63) is 60.8 Å². The number of aliphatic carboxylic acids is 1. The van der Waals surface area contributed by atoms with E-state index in [1.54, 1.807) is 0 Å². The number of unbranched alkanes of at least 4 members (excludes halogenated alkanes) is 39. The number of hydrogen-bond acceptors (Lipinski definition) is 8. The minimum absolute atomic E-state index is 0.144. The van der Waals surface area contributed by atoms with E-state index in [9.17, 15) is 19.5 Å². The zero-order valence-corrected chi connectivity index (χ0v) is 53.9. The summed E-state index contributed by atoms with van der Waals surface area (Å²) < 4.78 is 22.7. The minimum atomic E-state index is -1.63. The van der Waals surface area contributed by atoms with E-state index in [1.807, 2.05) is 21.1 Å². The van der Waals surface area contributed by atoms with Crippen LogP contribution in [0.2, 0.25) is 0 Å². The maximum absolute atomic E-state index is 12.9. The van der Waals surface area contributed by atoms with Crippen molar-refractivity contribution in [2.24, 2.45) is 0 Å². The number of esters is 2. The van der Waals surface area contributed by atoms with Gasteiger partial charge in [-0.15, -0.1) is 0 Å². The molecule has 0 aliphatic rings. The number of carboxylic acids is 1. The van der Waals surface area contributed by atoms with E-state index in [0.29, 0.717) is 23.9 Å². The van der Waals surface area contributed by atoms with Gasteiger partial charge < -0.3 is 33.3 Å². The summed E-state index contributed by atoms with van der Waals surface area (Å²) in [6, 6.07) is 0. The quantitative estimate of drug-likeness (QED) is 0.0195. The Balaban J connectivity index is 3.99. The average Bonchev–Trinajstić information content (AvgIpc) is 3.44. The Kier molecular flexibility index (Phi) is 60.7. The van der Waals surface area contributed by atoms with Crippen molar-refractivity contribution in [2.45, 2.75) is 334 Å². The average molecular weight is 1140 g/mol. The van der Waals surface area contributed by atoms with Gasteiger partial charge in [-0.3, -0.25) is 9.59 Å². The molecule has 0 rings (SSSR count). The molecule has 0 aliphatic carbocycles. The zero-order chi connectivity index (χ0) is 59.1. The van der Waals surface area contributed by atoms with Crippen LogP contribution < -0.4 is 5.11 Å². The molecule has 0 fully saturated rings. The number of carboxylic acid groups (broad SMARTS) is 1. The van der Waals surface area contributed by atoms with Crippen LogP contribution in [0.3, 0.4) is 0 Å². The molecule has 0 N–H and O–H groups in total. The summed E-state index contributed by atoms with van der Waals surface area (Å²) in [6.07, 6.45) is 78.9. The number of likely N-dealkylation sites (N-methyl/N-ethyl adjacent to an activating group) is 1. The molecular formula is C72H131NO8. The van der Waals surface area contributed by atoms with Crippen molar-refractivity contribution in [2.75, 3.05) is 47.5 Å². The summed E-state index contributed by atoms with van der Waals surface area (Å²) in [4.78, 5) is 37.4. The molecule has 0 heterocycles. The van der Waals surface area contributed by atoms with Crippen LogP contribution in [0.15, 0.2) is 60.8 Å². The topological polar surface area (TPSA) is 111 Å². The van der Waals surface area contributed by atoms with Crippen molar-refractivity contribution < 1.29 is 42.9 Å². The van der Waals surface area contributed by atoms with Gasteiger partial charge in [0.1, 0.15) is 13.2 Å². The number of carbonyl (C=O) groups is 3. The smallest absolute Gasteiger partial charge is 0.306 e. The lowest BCUT2D eigenvalue weighted by Gasteiger charge is -2.26. The third-order valence-corrected chi connectivity index (χ3v) is 15.2. The summed E-state index contributed by atoms with van der Waals surface area (Å²) in [6.45, 7) is 4.65. The molecule has 0 radical (unpaired) electrons. The van der Waals surface area contributed by atoms with Crippen LogP contribution in [0.1, 0.15) is 322 Å². The fourth-order valence-corrected chi connectivity index (χ4v) is 10.00.